The van der Waals surface area contributed by atoms with Gasteiger partial charge in [0.2, 0.25) is 5.71 Å². The van der Waals surface area contributed by atoms with Gasteiger partial charge in [0.15, 0.2) is 0 Å². The topological polar surface area (TPSA) is 51.8 Å². The number of fused-ring (bicyclic) bond motifs is 4. The molecule has 5 heteroatoms. The summed E-state index contributed by atoms with van der Waals surface area (Å²) in [5.41, 5.74) is 8.94. The zero-order valence-corrected chi connectivity index (χ0v) is 23.1. The number of nitrogens with zero attached hydrogens (tertiary/aromatic N) is 3. The predicted octanol–water partition coefficient (Wildman–Crippen LogP) is 8.47. The van der Waals surface area contributed by atoms with Crippen LogP contribution in [0.5, 0.6) is 0 Å². The average Bonchev–Trinajstić information content (AvgIpc) is 3.34. The summed E-state index contributed by atoms with van der Waals surface area (Å²) in [6, 6.07) is 32.0. The van der Waals surface area contributed by atoms with Crippen LogP contribution in [0, 0.1) is 0 Å². The number of hydrogen-bond acceptors (Lipinski definition) is 4. The summed E-state index contributed by atoms with van der Waals surface area (Å²) in [4.78, 5) is 13.9. The zero-order valence-electron chi connectivity index (χ0n) is 22.1. The third-order valence-corrected chi connectivity index (χ3v) is 9.47. The van der Waals surface area contributed by atoms with E-state index in [0.29, 0.717) is 5.71 Å². The van der Waals surface area contributed by atoms with Crippen molar-refractivity contribution < 1.29 is 4.42 Å². The van der Waals surface area contributed by atoms with Crippen molar-refractivity contribution in [3.63, 3.8) is 0 Å². The molecule has 39 heavy (non-hydrogen) atoms. The van der Waals surface area contributed by atoms with Crippen molar-refractivity contribution in [3.8, 4) is 33.5 Å². The summed E-state index contributed by atoms with van der Waals surface area (Å²) >= 11 is 0. The van der Waals surface area contributed by atoms with Gasteiger partial charge in [-0.1, -0.05) is 67.3 Å². The lowest BCUT2D eigenvalue weighted by molar-refractivity contribution is 0.654. The molecule has 0 aliphatic heterocycles. The predicted molar refractivity (Wildman–Crippen MR) is 164 cm³/mol. The van der Waals surface area contributed by atoms with Gasteiger partial charge in [0.1, 0.15) is 5.58 Å². The highest BCUT2D eigenvalue weighted by Gasteiger charge is 2.16. The summed E-state index contributed by atoms with van der Waals surface area (Å²) in [7, 11) is -1.30. The quantitative estimate of drug-likeness (QED) is 0.218. The summed E-state index contributed by atoms with van der Waals surface area (Å²) in [6.45, 7) is 7.13. The standard InChI is InChI=1S/C34H27N3OSi/c1-39(2,3)28-12-8-22(9-13-28)23-6-7-24-17-27(21-37-32(24)19-23)26-10-14-31(36-20-26)25-11-15-33-30(18-25)29-5-4-16-35-34(29)38-33/h4-21H,1-3H3. The van der Waals surface area contributed by atoms with E-state index in [2.05, 4.69) is 91.4 Å². The van der Waals surface area contributed by atoms with Gasteiger partial charge in [0.05, 0.1) is 19.3 Å². The minimum Gasteiger partial charge on any atom is -0.438 e. The van der Waals surface area contributed by atoms with Crippen molar-refractivity contribution in [3.05, 3.63) is 110 Å². The highest BCUT2D eigenvalue weighted by Crippen LogP contribution is 2.32. The van der Waals surface area contributed by atoms with Gasteiger partial charge in [0.25, 0.3) is 0 Å². The molecule has 7 aromatic rings. The van der Waals surface area contributed by atoms with Gasteiger partial charge >= 0.3 is 0 Å². The molecule has 0 unspecified atom stereocenters. The van der Waals surface area contributed by atoms with Crippen LogP contribution in [-0.2, 0) is 0 Å². The lowest BCUT2D eigenvalue weighted by Gasteiger charge is -2.16. The van der Waals surface area contributed by atoms with Crippen LogP contribution in [0.25, 0.3) is 66.5 Å². The first-order chi connectivity index (χ1) is 18.9. The molecule has 0 amide bonds. The molecule has 4 nitrogen and oxygen atoms in total. The van der Waals surface area contributed by atoms with Crippen molar-refractivity contribution in [2.24, 2.45) is 0 Å². The normalized spacial score (nSPS) is 12.0. The van der Waals surface area contributed by atoms with E-state index in [9.17, 15) is 0 Å². The Hall–Kier alpha value is -4.61. The van der Waals surface area contributed by atoms with E-state index in [1.54, 1.807) is 6.20 Å². The molecule has 0 saturated heterocycles. The highest BCUT2D eigenvalue weighted by molar-refractivity contribution is 6.88. The van der Waals surface area contributed by atoms with Crippen LogP contribution >= 0.6 is 0 Å². The number of aromatic nitrogens is 3. The lowest BCUT2D eigenvalue weighted by atomic mass is 10.0. The molecule has 7 rings (SSSR count). The highest BCUT2D eigenvalue weighted by atomic mass is 28.3. The first-order valence-corrected chi connectivity index (χ1v) is 16.7. The van der Waals surface area contributed by atoms with Crippen molar-refractivity contribution in [2.75, 3.05) is 0 Å². The Morgan fingerprint density at radius 2 is 1.36 bits per heavy atom. The van der Waals surface area contributed by atoms with E-state index < -0.39 is 8.07 Å². The van der Waals surface area contributed by atoms with Gasteiger partial charge in [-0.25, -0.2) is 4.98 Å². The molecule has 188 valence electrons. The Bertz CT molecular complexity index is 1990. The Labute approximate surface area is 228 Å². The number of furan rings is 1. The third-order valence-electron chi connectivity index (χ3n) is 7.41. The fraction of sp³-hybridized carbons (Fsp3) is 0.0882. The van der Waals surface area contributed by atoms with Gasteiger partial charge < -0.3 is 4.42 Å². The van der Waals surface area contributed by atoms with Gasteiger partial charge in [-0.15, -0.1) is 0 Å². The molecule has 4 heterocycles. The largest absolute Gasteiger partial charge is 0.438 e. The van der Waals surface area contributed by atoms with Crippen LogP contribution in [0.4, 0.5) is 0 Å². The fourth-order valence-corrected chi connectivity index (χ4v) is 6.29. The van der Waals surface area contributed by atoms with Gasteiger partial charge in [-0.2, -0.15) is 0 Å². The molecule has 0 bridgehead atoms. The Morgan fingerprint density at radius 1 is 0.590 bits per heavy atom. The van der Waals surface area contributed by atoms with Crippen molar-refractivity contribution in [1.82, 2.24) is 15.0 Å². The minimum atomic E-state index is -1.30. The van der Waals surface area contributed by atoms with E-state index in [0.717, 1.165) is 49.6 Å². The summed E-state index contributed by atoms with van der Waals surface area (Å²) in [5, 5.41) is 4.65. The second kappa shape index (κ2) is 9.00. The minimum absolute atomic E-state index is 0.656. The molecule has 3 aromatic carbocycles. The van der Waals surface area contributed by atoms with E-state index in [4.69, 9.17) is 14.4 Å². The molecule has 0 atom stereocenters. The van der Waals surface area contributed by atoms with Gasteiger partial charge in [-0.05, 0) is 59.7 Å². The van der Waals surface area contributed by atoms with Crippen molar-refractivity contribution in [2.45, 2.75) is 19.6 Å². The maximum atomic E-state index is 5.87. The zero-order chi connectivity index (χ0) is 26.6. The van der Waals surface area contributed by atoms with Crippen LogP contribution < -0.4 is 5.19 Å². The van der Waals surface area contributed by atoms with E-state index >= 15 is 0 Å². The van der Waals surface area contributed by atoms with E-state index in [1.165, 1.54) is 16.3 Å². The number of hydrogen-bond donors (Lipinski definition) is 0. The summed E-state index contributed by atoms with van der Waals surface area (Å²) < 4.78 is 5.87. The molecule has 0 N–H and O–H groups in total. The Morgan fingerprint density at radius 3 is 2.15 bits per heavy atom. The molecule has 4 aromatic heterocycles. The van der Waals surface area contributed by atoms with Crippen LogP contribution in [0.1, 0.15) is 0 Å². The first kappa shape index (κ1) is 23.5. The maximum Gasteiger partial charge on any atom is 0.227 e. The van der Waals surface area contributed by atoms with Crippen molar-refractivity contribution in [1.29, 1.82) is 0 Å². The lowest BCUT2D eigenvalue weighted by Crippen LogP contribution is -2.37. The average molecular weight is 522 g/mol. The van der Waals surface area contributed by atoms with Crippen LogP contribution in [0.3, 0.4) is 0 Å². The molecule has 0 aliphatic carbocycles. The molecular formula is C34H27N3OSi. The second-order valence-electron chi connectivity index (χ2n) is 11.1. The summed E-state index contributed by atoms with van der Waals surface area (Å²) in [6.07, 6.45) is 5.61. The van der Waals surface area contributed by atoms with Crippen LogP contribution in [0.15, 0.2) is 114 Å². The molecule has 0 fully saturated rings. The maximum absolute atomic E-state index is 5.87. The van der Waals surface area contributed by atoms with Crippen LogP contribution in [0.2, 0.25) is 19.6 Å². The second-order valence-corrected chi connectivity index (χ2v) is 16.1. The Kier molecular flexibility index (Phi) is 5.42. The third kappa shape index (κ3) is 4.31. The smallest absolute Gasteiger partial charge is 0.227 e. The molecule has 0 spiro atoms. The molecule has 0 aliphatic rings. The van der Waals surface area contributed by atoms with Crippen molar-refractivity contribution >= 4 is 46.2 Å². The van der Waals surface area contributed by atoms with Gasteiger partial charge in [-0.3, -0.25) is 9.97 Å². The van der Waals surface area contributed by atoms with Gasteiger partial charge in [0, 0.05) is 51.4 Å². The van der Waals surface area contributed by atoms with E-state index in [1.807, 2.05) is 36.7 Å². The number of pyridine rings is 3. The first-order valence-electron chi connectivity index (χ1n) is 13.2. The summed E-state index contributed by atoms with van der Waals surface area (Å²) in [5.74, 6) is 0. The van der Waals surface area contributed by atoms with E-state index in [-0.39, 0.29) is 0 Å². The fourth-order valence-electron chi connectivity index (χ4n) is 5.13. The Balaban J connectivity index is 1.17. The SMILES string of the molecule is C[Si](C)(C)c1ccc(-c2ccc3cc(-c4ccc(-c5ccc6oc7ncccc7c6c5)nc4)cnc3c2)cc1. The number of benzene rings is 3. The number of rotatable bonds is 4. The molecule has 0 radical (unpaired) electrons. The molecule has 0 saturated carbocycles. The molecular weight excluding hydrogens is 494 g/mol. The van der Waals surface area contributed by atoms with Crippen LogP contribution in [-0.4, -0.2) is 23.0 Å². The monoisotopic (exact) mass is 521 g/mol.